The Morgan fingerprint density at radius 1 is 0.250 bits per heavy atom. The van der Waals surface area contributed by atoms with Gasteiger partial charge in [-0.1, -0.05) is 117 Å². The molecule has 32 heavy (non-hydrogen) atoms. The molecule has 0 rings (SSSR count). The standard InChI is InChI=1S/C28H58O4/c1-3-5-7-8-9-10-11-12-13-14-15-16-17-18-19-20-22-30-24-26-32-28-27-31-25-23-29-21-6-4-2/h3-28H2,1-2H3. The first-order chi connectivity index (χ1) is 15.9. The van der Waals surface area contributed by atoms with Crippen molar-refractivity contribution in [2.75, 3.05) is 52.9 Å². The van der Waals surface area contributed by atoms with E-state index in [9.17, 15) is 0 Å². The van der Waals surface area contributed by atoms with Crippen LogP contribution in [0.1, 0.15) is 129 Å². The first-order valence-electron chi connectivity index (χ1n) is 14.2. The zero-order valence-electron chi connectivity index (χ0n) is 22.0. The summed E-state index contributed by atoms with van der Waals surface area (Å²) in [6, 6.07) is 0. The minimum absolute atomic E-state index is 0.635. The summed E-state index contributed by atoms with van der Waals surface area (Å²) in [5.74, 6) is 0. The minimum atomic E-state index is 0.635. The van der Waals surface area contributed by atoms with E-state index in [2.05, 4.69) is 13.8 Å². The third-order valence-corrected chi connectivity index (χ3v) is 5.90. The normalized spacial score (nSPS) is 11.4. The van der Waals surface area contributed by atoms with Crippen molar-refractivity contribution in [2.24, 2.45) is 0 Å². The summed E-state index contributed by atoms with van der Waals surface area (Å²) in [6.07, 6.45) is 24.8. The molecule has 0 unspecified atom stereocenters. The largest absolute Gasteiger partial charge is 0.379 e. The number of rotatable bonds is 29. The van der Waals surface area contributed by atoms with Gasteiger partial charge in [0.05, 0.1) is 39.6 Å². The van der Waals surface area contributed by atoms with Crippen LogP contribution < -0.4 is 0 Å². The van der Waals surface area contributed by atoms with E-state index in [1.54, 1.807) is 0 Å². The smallest absolute Gasteiger partial charge is 0.0701 e. The molecule has 0 N–H and O–H groups in total. The molecule has 0 saturated heterocycles. The van der Waals surface area contributed by atoms with Crippen LogP contribution in [-0.4, -0.2) is 52.9 Å². The molecule has 0 fully saturated rings. The lowest BCUT2D eigenvalue weighted by molar-refractivity contribution is -0.00238. The average Bonchev–Trinajstić information content (AvgIpc) is 2.81. The summed E-state index contributed by atoms with van der Waals surface area (Å²) in [7, 11) is 0. The molecule has 0 aromatic rings. The Morgan fingerprint density at radius 3 is 0.844 bits per heavy atom. The van der Waals surface area contributed by atoms with Gasteiger partial charge in [-0.2, -0.15) is 0 Å². The van der Waals surface area contributed by atoms with Crippen molar-refractivity contribution in [2.45, 2.75) is 129 Å². The Hall–Kier alpha value is -0.160. The first-order valence-corrected chi connectivity index (χ1v) is 14.2. The maximum absolute atomic E-state index is 5.65. The highest BCUT2D eigenvalue weighted by atomic mass is 16.6. The lowest BCUT2D eigenvalue weighted by atomic mass is 10.0. The fraction of sp³-hybridized carbons (Fsp3) is 1.00. The molecule has 0 radical (unpaired) electrons. The van der Waals surface area contributed by atoms with Gasteiger partial charge in [-0.25, -0.2) is 0 Å². The van der Waals surface area contributed by atoms with Gasteiger partial charge in [0.1, 0.15) is 0 Å². The van der Waals surface area contributed by atoms with E-state index in [0.29, 0.717) is 39.6 Å². The van der Waals surface area contributed by atoms with Crippen molar-refractivity contribution in [1.29, 1.82) is 0 Å². The van der Waals surface area contributed by atoms with E-state index in [0.717, 1.165) is 19.6 Å². The molecular weight excluding hydrogens is 400 g/mol. The molecule has 0 atom stereocenters. The molecule has 0 bridgehead atoms. The average molecular weight is 459 g/mol. The number of unbranched alkanes of at least 4 members (excludes halogenated alkanes) is 16. The van der Waals surface area contributed by atoms with Gasteiger partial charge in [-0.15, -0.1) is 0 Å². The number of hydrogen-bond acceptors (Lipinski definition) is 4. The molecule has 0 aromatic carbocycles. The number of ether oxygens (including phenoxy) is 4. The third kappa shape index (κ3) is 29.8. The van der Waals surface area contributed by atoms with E-state index in [-0.39, 0.29) is 0 Å². The molecule has 4 nitrogen and oxygen atoms in total. The molecular formula is C28H58O4. The highest BCUT2D eigenvalue weighted by Gasteiger charge is 1.96. The lowest BCUT2D eigenvalue weighted by Gasteiger charge is -2.07. The maximum Gasteiger partial charge on any atom is 0.0701 e. The van der Waals surface area contributed by atoms with Gasteiger partial charge < -0.3 is 18.9 Å². The second-order valence-corrected chi connectivity index (χ2v) is 9.11. The summed E-state index contributed by atoms with van der Waals surface area (Å²) in [5, 5.41) is 0. The molecule has 0 aliphatic carbocycles. The minimum Gasteiger partial charge on any atom is -0.379 e. The van der Waals surface area contributed by atoms with Crippen LogP contribution in [0.3, 0.4) is 0 Å². The van der Waals surface area contributed by atoms with Crippen LogP contribution in [0.2, 0.25) is 0 Å². The second kappa shape index (κ2) is 30.8. The molecule has 0 spiro atoms. The van der Waals surface area contributed by atoms with E-state index in [4.69, 9.17) is 18.9 Å². The monoisotopic (exact) mass is 458 g/mol. The Balaban J connectivity index is 2.98. The Morgan fingerprint density at radius 2 is 0.500 bits per heavy atom. The summed E-state index contributed by atoms with van der Waals surface area (Å²) >= 11 is 0. The number of hydrogen-bond donors (Lipinski definition) is 0. The van der Waals surface area contributed by atoms with Crippen molar-refractivity contribution in [3.8, 4) is 0 Å². The Bertz CT molecular complexity index is 282. The van der Waals surface area contributed by atoms with Gasteiger partial charge in [-0.05, 0) is 12.8 Å². The molecule has 0 aromatic heterocycles. The van der Waals surface area contributed by atoms with Crippen molar-refractivity contribution >= 4 is 0 Å². The van der Waals surface area contributed by atoms with Crippen molar-refractivity contribution in [3.05, 3.63) is 0 Å². The quantitative estimate of drug-likeness (QED) is 0.106. The predicted molar refractivity (Wildman–Crippen MR) is 138 cm³/mol. The van der Waals surface area contributed by atoms with Crippen LogP contribution in [-0.2, 0) is 18.9 Å². The highest BCUT2D eigenvalue weighted by Crippen LogP contribution is 2.13. The molecule has 0 aliphatic heterocycles. The fourth-order valence-electron chi connectivity index (χ4n) is 3.76. The van der Waals surface area contributed by atoms with E-state index in [1.165, 1.54) is 109 Å². The van der Waals surface area contributed by atoms with Crippen LogP contribution >= 0.6 is 0 Å². The topological polar surface area (TPSA) is 36.9 Å². The van der Waals surface area contributed by atoms with E-state index in [1.807, 2.05) is 0 Å². The molecule has 194 valence electrons. The van der Waals surface area contributed by atoms with Crippen LogP contribution in [0, 0.1) is 0 Å². The summed E-state index contributed by atoms with van der Waals surface area (Å²) in [4.78, 5) is 0. The van der Waals surface area contributed by atoms with Crippen LogP contribution in [0.4, 0.5) is 0 Å². The van der Waals surface area contributed by atoms with Crippen molar-refractivity contribution < 1.29 is 18.9 Å². The zero-order valence-corrected chi connectivity index (χ0v) is 22.0. The SMILES string of the molecule is CCCCCCCCCCCCCCCCCCOCCOCCOCCOCCCC. The zero-order chi connectivity index (χ0) is 23.2. The third-order valence-electron chi connectivity index (χ3n) is 5.90. The van der Waals surface area contributed by atoms with Crippen molar-refractivity contribution in [1.82, 2.24) is 0 Å². The van der Waals surface area contributed by atoms with Crippen LogP contribution in [0.15, 0.2) is 0 Å². The van der Waals surface area contributed by atoms with Gasteiger partial charge in [-0.3, -0.25) is 0 Å². The van der Waals surface area contributed by atoms with Gasteiger partial charge in [0.15, 0.2) is 0 Å². The Kier molecular flexibility index (Phi) is 30.7. The van der Waals surface area contributed by atoms with Gasteiger partial charge in [0, 0.05) is 13.2 Å². The fourth-order valence-corrected chi connectivity index (χ4v) is 3.76. The molecule has 0 amide bonds. The second-order valence-electron chi connectivity index (χ2n) is 9.11. The highest BCUT2D eigenvalue weighted by molar-refractivity contribution is 4.50. The van der Waals surface area contributed by atoms with Gasteiger partial charge in [0.25, 0.3) is 0 Å². The Labute approximate surface area is 201 Å². The summed E-state index contributed by atoms with van der Waals surface area (Å²) in [5.41, 5.74) is 0. The molecule has 4 heteroatoms. The maximum atomic E-state index is 5.65. The lowest BCUT2D eigenvalue weighted by Crippen LogP contribution is -2.12. The molecule has 0 heterocycles. The molecule has 0 aliphatic rings. The first kappa shape index (κ1) is 31.8. The van der Waals surface area contributed by atoms with Crippen LogP contribution in [0.5, 0.6) is 0 Å². The van der Waals surface area contributed by atoms with E-state index < -0.39 is 0 Å². The van der Waals surface area contributed by atoms with Crippen LogP contribution in [0.25, 0.3) is 0 Å². The summed E-state index contributed by atoms with van der Waals surface area (Å²) < 4.78 is 22.1. The predicted octanol–water partition coefficient (Wildman–Crippen LogP) is 8.11. The van der Waals surface area contributed by atoms with E-state index >= 15 is 0 Å². The van der Waals surface area contributed by atoms with Gasteiger partial charge in [0.2, 0.25) is 0 Å². The van der Waals surface area contributed by atoms with Crippen molar-refractivity contribution in [3.63, 3.8) is 0 Å². The molecule has 0 saturated carbocycles. The van der Waals surface area contributed by atoms with Gasteiger partial charge >= 0.3 is 0 Å². The summed E-state index contributed by atoms with van der Waals surface area (Å²) in [6.45, 7) is 10.1.